The molecule has 0 bridgehead atoms. The van der Waals surface area contributed by atoms with Crippen molar-refractivity contribution in [1.82, 2.24) is 5.32 Å². The Bertz CT molecular complexity index is 357. The van der Waals surface area contributed by atoms with Crippen LogP contribution in [0.3, 0.4) is 0 Å². The van der Waals surface area contributed by atoms with E-state index in [0.29, 0.717) is 6.04 Å². The minimum atomic E-state index is 0.498. The molecule has 20 heavy (non-hydrogen) atoms. The van der Waals surface area contributed by atoms with Crippen molar-refractivity contribution in [3.63, 3.8) is 0 Å². The van der Waals surface area contributed by atoms with Crippen LogP contribution in [-0.2, 0) is 0 Å². The lowest BCUT2D eigenvalue weighted by atomic mass is 9.77. The summed E-state index contributed by atoms with van der Waals surface area (Å²) in [6.07, 6.45) is 6.85. The molecular formula is C18H29NO. The summed E-state index contributed by atoms with van der Waals surface area (Å²) in [4.78, 5) is 0. The van der Waals surface area contributed by atoms with Crippen LogP contribution in [0, 0.1) is 11.8 Å². The average molecular weight is 275 g/mol. The van der Waals surface area contributed by atoms with E-state index in [1.807, 2.05) is 30.3 Å². The zero-order chi connectivity index (χ0) is 14.2. The van der Waals surface area contributed by atoms with Crippen LogP contribution in [0.4, 0.5) is 0 Å². The Morgan fingerprint density at radius 1 is 1.10 bits per heavy atom. The van der Waals surface area contributed by atoms with E-state index in [1.165, 1.54) is 32.1 Å². The Morgan fingerprint density at radius 3 is 2.40 bits per heavy atom. The van der Waals surface area contributed by atoms with Crippen LogP contribution in [0.1, 0.15) is 46.0 Å². The molecule has 1 aromatic rings. The van der Waals surface area contributed by atoms with Gasteiger partial charge in [-0.2, -0.15) is 0 Å². The lowest BCUT2D eigenvalue weighted by Gasteiger charge is -2.34. The van der Waals surface area contributed by atoms with E-state index < -0.39 is 0 Å². The highest BCUT2D eigenvalue weighted by Gasteiger charge is 2.26. The first-order valence-corrected chi connectivity index (χ1v) is 8.24. The van der Waals surface area contributed by atoms with E-state index in [1.54, 1.807) is 0 Å². The van der Waals surface area contributed by atoms with Crippen LogP contribution < -0.4 is 10.1 Å². The van der Waals surface area contributed by atoms with E-state index >= 15 is 0 Å². The molecule has 1 saturated carbocycles. The molecular weight excluding hydrogens is 246 g/mol. The van der Waals surface area contributed by atoms with Gasteiger partial charge in [-0.05, 0) is 43.4 Å². The number of hydrogen-bond donors (Lipinski definition) is 1. The van der Waals surface area contributed by atoms with Crippen molar-refractivity contribution < 1.29 is 4.74 Å². The van der Waals surface area contributed by atoms with Crippen molar-refractivity contribution in [3.8, 4) is 5.75 Å². The summed E-state index contributed by atoms with van der Waals surface area (Å²) in [5.74, 6) is 2.72. The van der Waals surface area contributed by atoms with Crippen molar-refractivity contribution in [2.24, 2.45) is 11.8 Å². The highest BCUT2D eigenvalue weighted by atomic mass is 16.5. The SMILES string of the molecule is CCNC(COc1ccccc1)C1CCC(CC)CC1. The average Bonchev–Trinajstić information content (AvgIpc) is 2.52. The molecule has 0 aromatic heterocycles. The number of ether oxygens (including phenoxy) is 1. The summed E-state index contributed by atoms with van der Waals surface area (Å²) in [7, 11) is 0. The van der Waals surface area contributed by atoms with Crippen molar-refractivity contribution in [2.75, 3.05) is 13.2 Å². The van der Waals surface area contributed by atoms with Gasteiger partial charge in [0.15, 0.2) is 0 Å². The predicted molar refractivity (Wildman–Crippen MR) is 85.1 cm³/mol. The highest BCUT2D eigenvalue weighted by molar-refractivity contribution is 5.20. The smallest absolute Gasteiger partial charge is 0.119 e. The summed E-state index contributed by atoms with van der Waals surface area (Å²) < 4.78 is 5.96. The summed E-state index contributed by atoms with van der Waals surface area (Å²) in [5, 5.41) is 3.63. The third-order valence-corrected chi connectivity index (χ3v) is 4.68. The van der Waals surface area contributed by atoms with Crippen molar-refractivity contribution in [2.45, 2.75) is 52.0 Å². The molecule has 1 aromatic carbocycles. The second-order valence-corrected chi connectivity index (χ2v) is 5.98. The molecule has 1 fully saturated rings. The zero-order valence-electron chi connectivity index (χ0n) is 13.0. The first-order chi connectivity index (χ1) is 9.83. The van der Waals surface area contributed by atoms with Gasteiger partial charge in [-0.3, -0.25) is 0 Å². The van der Waals surface area contributed by atoms with E-state index in [2.05, 4.69) is 19.2 Å². The van der Waals surface area contributed by atoms with Gasteiger partial charge in [-0.15, -0.1) is 0 Å². The van der Waals surface area contributed by atoms with Crippen LogP contribution in [-0.4, -0.2) is 19.2 Å². The Labute approximate surface area is 123 Å². The number of hydrogen-bond acceptors (Lipinski definition) is 2. The quantitative estimate of drug-likeness (QED) is 0.803. The largest absolute Gasteiger partial charge is 0.492 e. The molecule has 0 saturated heterocycles. The molecule has 2 nitrogen and oxygen atoms in total. The molecule has 0 radical (unpaired) electrons. The van der Waals surface area contributed by atoms with Gasteiger partial charge in [0.1, 0.15) is 12.4 Å². The third kappa shape index (κ3) is 4.52. The molecule has 2 heteroatoms. The lowest BCUT2D eigenvalue weighted by molar-refractivity contribution is 0.166. The fraction of sp³-hybridized carbons (Fsp3) is 0.667. The molecule has 1 atom stereocenters. The van der Waals surface area contributed by atoms with E-state index in [0.717, 1.165) is 30.7 Å². The van der Waals surface area contributed by atoms with Gasteiger partial charge in [0, 0.05) is 6.04 Å². The number of rotatable bonds is 7. The van der Waals surface area contributed by atoms with Crippen molar-refractivity contribution in [3.05, 3.63) is 30.3 Å². The van der Waals surface area contributed by atoms with Gasteiger partial charge in [0.25, 0.3) is 0 Å². The number of likely N-dealkylation sites (N-methyl/N-ethyl adjacent to an activating group) is 1. The van der Waals surface area contributed by atoms with Crippen molar-refractivity contribution in [1.29, 1.82) is 0 Å². The Balaban J connectivity index is 1.84. The van der Waals surface area contributed by atoms with Gasteiger partial charge in [0.05, 0.1) is 0 Å². The van der Waals surface area contributed by atoms with Gasteiger partial charge in [0.2, 0.25) is 0 Å². The Kier molecular flexibility index (Phi) is 6.38. The Morgan fingerprint density at radius 2 is 1.80 bits per heavy atom. The topological polar surface area (TPSA) is 21.3 Å². The minimum absolute atomic E-state index is 0.498. The van der Waals surface area contributed by atoms with Gasteiger partial charge < -0.3 is 10.1 Å². The molecule has 0 aliphatic heterocycles. The van der Waals surface area contributed by atoms with Crippen LogP contribution in [0.2, 0.25) is 0 Å². The minimum Gasteiger partial charge on any atom is -0.492 e. The fourth-order valence-electron chi connectivity index (χ4n) is 3.33. The molecule has 0 spiro atoms. The van der Waals surface area contributed by atoms with Crippen LogP contribution in [0.5, 0.6) is 5.75 Å². The second kappa shape index (κ2) is 8.31. The number of benzene rings is 1. The van der Waals surface area contributed by atoms with Gasteiger partial charge in [-0.1, -0.05) is 51.3 Å². The summed E-state index contributed by atoms with van der Waals surface area (Å²) >= 11 is 0. The molecule has 1 unspecified atom stereocenters. The van der Waals surface area contributed by atoms with Gasteiger partial charge in [-0.25, -0.2) is 0 Å². The number of para-hydroxylation sites is 1. The third-order valence-electron chi connectivity index (χ3n) is 4.68. The second-order valence-electron chi connectivity index (χ2n) is 5.98. The van der Waals surface area contributed by atoms with E-state index in [4.69, 9.17) is 4.74 Å². The molecule has 0 amide bonds. The van der Waals surface area contributed by atoms with Crippen LogP contribution in [0.25, 0.3) is 0 Å². The van der Waals surface area contributed by atoms with E-state index in [-0.39, 0.29) is 0 Å². The zero-order valence-corrected chi connectivity index (χ0v) is 13.0. The fourth-order valence-corrected chi connectivity index (χ4v) is 3.33. The summed E-state index contributed by atoms with van der Waals surface area (Å²) in [5.41, 5.74) is 0. The molecule has 1 N–H and O–H groups in total. The van der Waals surface area contributed by atoms with Gasteiger partial charge >= 0.3 is 0 Å². The maximum atomic E-state index is 5.96. The molecule has 112 valence electrons. The van der Waals surface area contributed by atoms with E-state index in [9.17, 15) is 0 Å². The normalized spacial score (nSPS) is 24.3. The summed E-state index contributed by atoms with van der Waals surface area (Å²) in [6.45, 7) is 6.33. The predicted octanol–water partition coefficient (Wildman–Crippen LogP) is 4.26. The highest BCUT2D eigenvalue weighted by Crippen LogP contribution is 2.32. The molecule has 1 aliphatic rings. The molecule has 1 aliphatic carbocycles. The molecule has 0 heterocycles. The first kappa shape index (κ1) is 15.4. The number of nitrogens with one attached hydrogen (secondary N) is 1. The standard InChI is InChI=1S/C18H29NO/c1-3-15-10-12-16(13-11-15)18(19-4-2)14-20-17-8-6-5-7-9-17/h5-9,15-16,18-19H,3-4,10-14H2,1-2H3. The summed E-state index contributed by atoms with van der Waals surface area (Å²) in [6, 6.07) is 10.7. The lowest BCUT2D eigenvalue weighted by Crippen LogP contribution is -2.42. The Hall–Kier alpha value is -1.02. The van der Waals surface area contributed by atoms with Crippen molar-refractivity contribution >= 4 is 0 Å². The van der Waals surface area contributed by atoms with Crippen LogP contribution >= 0.6 is 0 Å². The monoisotopic (exact) mass is 275 g/mol. The molecule has 2 rings (SSSR count). The first-order valence-electron chi connectivity index (χ1n) is 8.24. The maximum absolute atomic E-state index is 5.96. The maximum Gasteiger partial charge on any atom is 0.119 e. The van der Waals surface area contributed by atoms with Crippen LogP contribution in [0.15, 0.2) is 30.3 Å².